The zero-order valence-corrected chi connectivity index (χ0v) is 12.1. The van der Waals surface area contributed by atoms with E-state index in [2.05, 4.69) is 10.5 Å². The van der Waals surface area contributed by atoms with Crippen molar-refractivity contribution in [1.82, 2.24) is 5.16 Å². The highest BCUT2D eigenvalue weighted by Gasteiger charge is 2.13. The van der Waals surface area contributed by atoms with Crippen LogP contribution < -0.4 is 5.32 Å². The molecule has 1 aromatic carbocycles. The van der Waals surface area contributed by atoms with Crippen molar-refractivity contribution in [2.75, 3.05) is 5.32 Å². The van der Waals surface area contributed by atoms with Gasteiger partial charge in [-0.3, -0.25) is 4.79 Å². The molecule has 0 unspecified atom stereocenters. The summed E-state index contributed by atoms with van der Waals surface area (Å²) in [6.07, 6.45) is 0. The first-order valence-electron chi connectivity index (χ1n) is 6.44. The van der Waals surface area contributed by atoms with E-state index in [-0.39, 0.29) is 12.5 Å². The standard InChI is InChI=1S/C15H16N2O4/c1-9-14(10(2)21-17-9)8-20-15(19)12-5-4-6-13(7-12)16-11(3)18/h4-7H,8H2,1-3H3,(H,16,18). The van der Waals surface area contributed by atoms with Crippen LogP contribution in [0, 0.1) is 13.8 Å². The molecule has 0 radical (unpaired) electrons. The number of aromatic nitrogens is 1. The van der Waals surface area contributed by atoms with E-state index in [1.54, 1.807) is 38.1 Å². The normalized spacial score (nSPS) is 10.2. The molecule has 0 saturated carbocycles. The molecule has 0 saturated heterocycles. The molecule has 0 aliphatic carbocycles. The number of ether oxygens (including phenoxy) is 1. The van der Waals surface area contributed by atoms with Crippen LogP contribution in [0.2, 0.25) is 0 Å². The van der Waals surface area contributed by atoms with Crippen molar-refractivity contribution in [1.29, 1.82) is 0 Å². The van der Waals surface area contributed by atoms with Crippen molar-refractivity contribution in [3.8, 4) is 0 Å². The Morgan fingerprint density at radius 1 is 1.33 bits per heavy atom. The molecule has 0 aliphatic rings. The van der Waals surface area contributed by atoms with E-state index in [1.807, 2.05) is 0 Å². The van der Waals surface area contributed by atoms with Crippen LogP contribution in [0.5, 0.6) is 0 Å². The predicted octanol–water partition coefficient (Wildman–Crippen LogP) is 2.61. The van der Waals surface area contributed by atoms with Crippen molar-refractivity contribution in [3.63, 3.8) is 0 Å². The molecule has 1 heterocycles. The van der Waals surface area contributed by atoms with Gasteiger partial charge in [0.05, 0.1) is 16.8 Å². The first kappa shape index (κ1) is 14.8. The number of esters is 1. The molecule has 6 nitrogen and oxygen atoms in total. The zero-order valence-electron chi connectivity index (χ0n) is 12.1. The second-order valence-corrected chi connectivity index (χ2v) is 4.64. The molecule has 1 N–H and O–H groups in total. The summed E-state index contributed by atoms with van der Waals surface area (Å²) < 4.78 is 10.2. The molecule has 0 atom stereocenters. The fourth-order valence-electron chi connectivity index (χ4n) is 1.86. The molecule has 21 heavy (non-hydrogen) atoms. The SMILES string of the molecule is CC(=O)Nc1cccc(C(=O)OCc2c(C)noc2C)c1. The van der Waals surface area contributed by atoms with Crippen LogP contribution in [-0.4, -0.2) is 17.0 Å². The Kier molecular flexibility index (Phi) is 4.37. The number of carbonyl (C=O) groups is 2. The smallest absolute Gasteiger partial charge is 0.338 e. The van der Waals surface area contributed by atoms with Gasteiger partial charge in [-0.05, 0) is 32.0 Å². The number of benzene rings is 1. The van der Waals surface area contributed by atoms with E-state index in [4.69, 9.17) is 9.26 Å². The van der Waals surface area contributed by atoms with Crippen LogP contribution in [0.3, 0.4) is 0 Å². The molecule has 1 amide bonds. The number of anilines is 1. The van der Waals surface area contributed by atoms with Gasteiger partial charge in [0.1, 0.15) is 12.4 Å². The van der Waals surface area contributed by atoms with E-state index in [1.165, 1.54) is 6.92 Å². The number of rotatable bonds is 4. The van der Waals surface area contributed by atoms with E-state index >= 15 is 0 Å². The van der Waals surface area contributed by atoms with Gasteiger partial charge in [-0.2, -0.15) is 0 Å². The minimum Gasteiger partial charge on any atom is -0.457 e. The van der Waals surface area contributed by atoms with Crippen molar-refractivity contribution in [2.24, 2.45) is 0 Å². The summed E-state index contributed by atoms with van der Waals surface area (Å²) in [6.45, 7) is 5.06. The largest absolute Gasteiger partial charge is 0.457 e. The Bertz CT molecular complexity index is 657. The Morgan fingerprint density at radius 2 is 2.10 bits per heavy atom. The maximum Gasteiger partial charge on any atom is 0.338 e. The molecule has 2 aromatic rings. The van der Waals surface area contributed by atoms with E-state index < -0.39 is 5.97 Å². The van der Waals surface area contributed by atoms with Gasteiger partial charge >= 0.3 is 5.97 Å². The summed E-state index contributed by atoms with van der Waals surface area (Å²) in [6, 6.07) is 6.57. The fourth-order valence-corrected chi connectivity index (χ4v) is 1.86. The van der Waals surface area contributed by atoms with Gasteiger partial charge in [-0.25, -0.2) is 4.79 Å². The number of nitrogens with zero attached hydrogens (tertiary/aromatic N) is 1. The predicted molar refractivity (Wildman–Crippen MR) is 75.8 cm³/mol. The monoisotopic (exact) mass is 288 g/mol. The highest BCUT2D eigenvalue weighted by atomic mass is 16.5. The minimum absolute atomic E-state index is 0.102. The lowest BCUT2D eigenvalue weighted by atomic mass is 10.2. The maximum absolute atomic E-state index is 12.0. The number of amides is 1. The molecule has 1 aromatic heterocycles. The first-order chi connectivity index (χ1) is 9.97. The number of nitrogens with one attached hydrogen (secondary N) is 1. The third-order valence-corrected chi connectivity index (χ3v) is 2.95. The Balaban J connectivity index is 2.05. The number of carbonyl (C=O) groups excluding carboxylic acids is 2. The lowest BCUT2D eigenvalue weighted by Gasteiger charge is -2.06. The van der Waals surface area contributed by atoms with Gasteiger partial charge in [-0.15, -0.1) is 0 Å². The van der Waals surface area contributed by atoms with Gasteiger partial charge in [0, 0.05) is 12.6 Å². The first-order valence-corrected chi connectivity index (χ1v) is 6.44. The third-order valence-electron chi connectivity index (χ3n) is 2.95. The van der Waals surface area contributed by atoms with Crippen molar-refractivity contribution >= 4 is 17.6 Å². The number of aryl methyl sites for hydroxylation is 2. The van der Waals surface area contributed by atoms with E-state index in [9.17, 15) is 9.59 Å². The lowest BCUT2D eigenvalue weighted by molar-refractivity contribution is -0.114. The van der Waals surface area contributed by atoms with Crippen LogP contribution in [0.25, 0.3) is 0 Å². The molecular formula is C15H16N2O4. The van der Waals surface area contributed by atoms with Gasteiger partial charge < -0.3 is 14.6 Å². The second-order valence-electron chi connectivity index (χ2n) is 4.64. The Labute approximate surface area is 122 Å². The summed E-state index contributed by atoms with van der Waals surface area (Å²) in [5.41, 5.74) is 2.39. The average molecular weight is 288 g/mol. The summed E-state index contributed by atoms with van der Waals surface area (Å²) in [5, 5.41) is 6.42. The van der Waals surface area contributed by atoms with Gasteiger partial charge in [0.2, 0.25) is 5.91 Å². The van der Waals surface area contributed by atoms with Gasteiger partial charge in [0.15, 0.2) is 0 Å². The average Bonchev–Trinajstić information content (AvgIpc) is 2.75. The summed E-state index contributed by atoms with van der Waals surface area (Å²) >= 11 is 0. The van der Waals surface area contributed by atoms with Crippen molar-refractivity contribution in [3.05, 3.63) is 46.8 Å². The molecule has 2 rings (SSSR count). The van der Waals surface area contributed by atoms with Crippen molar-refractivity contribution < 1.29 is 18.8 Å². The second kappa shape index (κ2) is 6.21. The van der Waals surface area contributed by atoms with Crippen LogP contribution in [0.15, 0.2) is 28.8 Å². The molecule has 6 heteroatoms. The molecule has 0 bridgehead atoms. The molecule has 0 aliphatic heterocycles. The van der Waals surface area contributed by atoms with Crippen LogP contribution >= 0.6 is 0 Å². The molecular weight excluding hydrogens is 272 g/mol. The fraction of sp³-hybridized carbons (Fsp3) is 0.267. The van der Waals surface area contributed by atoms with Crippen LogP contribution in [-0.2, 0) is 16.1 Å². The minimum atomic E-state index is -0.470. The number of hydrogen-bond acceptors (Lipinski definition) is 5. The highest BCUT2D eigenvalue weighted by Crippen LogP contribution is 2.16. The highest BCUT2D eigenvalue weighted by molar-refractivity contribution is 5.93. The Morgan fingerprint density at radius 3 is 2.71 bits per heavy atom. The molecule has 0 fully saturated rings. The van der Waals surface area contributed by atoms with Crippen LogP contribution in [0.4, 0.5) is 5.69 Å². The van der Waals surface area contributed by atoms with Crippen LogP contribution in [0.1, 0.15) is 34.3 Å². The summed E-state index contributed by atoms with van der Waals surface area (Å²) in [5.74, 6) is -0.0364. The zero-order chi connectivity index (χ0) is 15.4. The van der Waals surface area contributed by atoms with E-state index in [0.29, 0.717) is 22.7 Å². The number of hydrogen-bond donors (Lipinski definition) is 1. The van der Waals surface area contributed by atoms with Gasteiger partial charge in [0.25, 0.3) is 0 Å². The Hall–Kier alpha value is -2.63. The van der Waals surface area contributed by atoms with Gasteiger partial charge in [-0.1, -0.05) is 11.2 Å². The van der Waals surface area contributed by atoms with Crippen molar-refractivity contribution in [2.45, 2.75) is 27.4 Å². The quantitative estimate of drug-likeness (QED) is 0.874. The molecule has 0 spiro atoms. The lowest BCUT2D eigenvalue weighted by Crippen LogP contribution is -2.09. The topological polar surface area (TPSA) is 81.4 Å². The molecule has 110 valence electrons. The van der Waals surface area contributed by atoms with E-state index in [0.717, 1.165) is 5.56 Å². The maximum atomic E-state index is 12.0. The third kappa shape index (κ3) is 3.68. The summed E-state index contributed by atoms with van der Waals surface area (Å²) in [7, 11) is 0. The summed E-state index contributed by atoms with van der Waals surface area (Å²) in [4.78, 5) is 23.0.